The van der Waals surface area contributed by atoms with Crippen LogP contribution in [0.2, 0.25) is 0 Å². The van der Waals surface area contributed by atoms with E-state index in [1.54, 1.807) is 6.20 Å². The molecule has 0 bridgehead atoms. The largest absolute Gasteiger partial charge is 0.292 e. The van der Waals surface area contributed by atoms with Crippen LogP contribution in [0.5, 0.6) is 0 Å². The highest BCUT2D eigenvalue weighted by molar-refractivity contribution is 6.07. The number of nitrogens with zero attached hydrogens (tertiary/aromatic N) is 2. The predicted octanol–water partition coefficient (Wildman–Crippen LogP) is 2.50. The van der Waals surface area contributed by atoms with E-state index in [1.165, 1.54) is 0 Å². The molecule has 4 nitrogen and oxygen atoms in total. The number of rotatable bonds is 1. The molecule has 0 spiro atoms. The third kappa shape index (κ3) is 1.71. The number of pyridine rings is 1. The summed E-state index contributed by atoms with van der Waals surface area (Å²) in [4.78, 5) is 16.3. The topological polar surface area (TPSA) is 58.6 Å². The number of aryl methyl sites for hydroxylation is 1. The van der Waals surface area contributed by atoms with E-state index in [9.17, 15) is 4.79 Å². The number of hydrogen-bond acceptors (Lipinski definition) is 3. The number of aromatic amines is 1. The van der Waals surface area contributed by atoms with Crippen LogP contribution < -0.4 is 0 Å². The Morgan fingerprint density at radius 3 is 2.69 bits per heavy atom. The number of carbonyl (C=O) groups excluding carboxylic acids is 1. The first kappa shape index (κ1) is 10.8. The monoisotopic (exact) mass is 217 g/mol. The number of Topliss-reactive ketones (excluding diaryl/α,β-unsaturated/α-hetero) is 1. The van der Waals surface area contributed by atoms with Crippen molar-refractivity contribution >= 4 is 16.8 Å². The highest BCUT2D eigenvalue weighted by Crippen LogP contribution is 2.24. The summed E-state index contributed by atoms with van der Waals surface area (Å²) in [6.07, 6.45) is 1.74. The average molecular weight is 217 g/mol. The summed E-state index contributed by atoms with van der Waals surface area (Å²) in [5.74, 6) is 0.0578. The minimum Gasteiger partial charge on any atom is -0.292 e. The Morgan fingerprint density at radius 1 is 1.38 bits per heavy atom. The number of aromatic nitrogens is 3. The van der Waals surface area contributed by atoms with Crippen LogP contribution in [0.25, 0.3) is 11.0 Å². The highest BCUT2D eigenvalue weighted by Gasteiger charge is 2.26. The second-order valence-electron chi connectivity index (χ2n) is 5.06. The fourth-order valence-electron chi connectivity index (χ4n) is 1.55. The van der Waals surface area contributed by atoms with Crippen molar-refractivity contribution in [2.75, 3.05) is 0 Å². The summed E-state index contributed by atoms with van der Waals surface area (Å²) >= 11 is 0. The first-order valence-corrected chi connectivity index (χ1v) is 5.25. The highest BCUT2D eigenvalue weighted by atomic mass is 16.1. The van der Waals surface area contributed by atoms with Crippen molar-refractivity contribution in [2.24, 2.45) is 5.41 Å². The molecule has 2 aromatic rings. The van der Waals surface area contributed by atoms with Gasteiger partial charge in [0.15, 0.2) is 11.4 Å². The molecule has 2 aromatic heterocycles. The third-order valence-corrected chi connectivity index (χ3v) is 2.45. The Labute approximate surface area is 94.1 Å². The number of carbonyl (C=O) groups is 1. The fraction of sp³-hybridized carbons (Fsp3) is 0.417. The van der Waals surface area contributed by atoms with Crippen molar-refractivity contribution in [3.8, 4) is 0 Å². The maximum Gasteiger partial charge on any atom is 0.186 e. The van der Waals surface area contributed by atoms with Gasteiger partial charge in [0.2, 0.25) is 0 Å². The van der Waals surface area contributed by atoms with Gasteiger partial charge in [0, 0.05) is 11.6 Å². The van der Waals surface area contributed by atoms with Crippen LogP contribution in [0.4, 0.5) is 0 Å². The van der Waals surface area contributed by atoms with E-state index in [4.69, 9.17) is 0 Å². The van der Waals surface area contributed by atoms with Crippen LogP contribution in [-0.2, 0) is 0 Å². The van der Waals surface area contributed by atoms with Gasteiger partial charge in [-0.15, -0.1) is 0 Å². The SMILES string of the molecule is Cc1cnc2n[nH]c(C(=O)C(C)(C)C)c2c1. The molecule has 2 heterocycles. The van der Waals surface area contributed by atoms with Gasteiger partial charge in [-0.05, 0) is 18.6 Å². The molecule has 0 unspecified atom stereocenters. The van der Waals surface area contributed by atoms with Gasteiger partial charge in [-0.3, -0.25) is 9.89 Å². The summed E-state index contributed by atoms with van der Waals surface area (Å²) in [7, 11) is 0. The molecule has 16 heavy (non-hydrogen) atoms. The molecule has 0 saturated carbocycles. The molecular weight excluding hydrogens is 202 g/mol. The van der Waals surface area contributed by atoms with Gasteiger partial charge in [0.25, 0.3) is 0 Å². The molecular formula is C12H15N3O. The van der Waals surface area contributed by atoms with E-state index in [-0.39, 0.29) is 5.78 Å². The minimum absolute atomic E-state index is 0.0578. The molecule has 0 atom stereocenters. The number of ketones is 1. The molecule has 0 aliphatic heterocycles. The third-order valence-electron chi connectivity index (χ3n) is 2.45. The minimum atomic E-state index is -0.413. The number of nitrogens with one attached hydrogen (secondary N) is 1. The molecule has 0 aromatic carbocycles. The van der Waals surface area contributed by atoms with Crippen LogP contribution >= 0.6 is 0 Å². The summed E-state index contributed by atoms with van der Waals surface area (Å²) in [6, 6.07) is 1.94. The standard InChI is InChI=1S/C12H15N3O/c1-7-5-8-9(10(16)12(2,3)4)14-15-11(8)13-6-7/h5-6H,1-4H3,(H,13,14,15). The first-order chi connectivity index (χ1) is 7.39. The van der Waals surface area contributed by atoms with Gasteiger partial charge in [-0.2, -0.15) is 5.10 Å². The van der Waals surface area contributed by atoms with Crippen molar-refractivity contribution < 1.29 is 4.79 Å². The Balaban J connectivity index is 2.62. The van der Waals surface area contributed by atoms with Gasteiger partial charge in [0.05, 0.1) is 5.39 Å². The molecule has 0 fully saturated rings. The number of hydrogen-bond donors (Lipinski definition) is 1. The van der Waals surface area contributed by atoms with Crippen LogP contribution in [0.3, 0.4) is 0 Å². The fourth-order valence-corrected chi connectivity index (χ4v) is 1.55. The van der Waals surface area contributed by atoms with Crippen LogP contribution in [0.1, 0.15) is 36.8 Å². The van der Waals surface area contributed by atoms with E-state index < -0.39 is 5.41 Å². The lowest BCUT2D eigenvalue weighted by Gasteiger charge is -2.15. The number of H-pyrrole nitrogens is 1. The Bertz CT molecular complexity index is 549. The van der Waals surface area contributed by atoms with Crippen molar-refractivity contribution in [2.45, 2.75) is 27.7 Å². The van der Waals surface area contributed by atoms with Gasteiger partial charge in [-0.25, -0.2) is 4.98 Å². The molecule has 0 aliphatic carbocycles. The summed E-state index contributed by atoms with van der Waals surface area (Å²) in [5, 5.41) is 7.63. The molecule has 0 radical (unpaired) electrons. The van der Waals surface area contributed by atoms with Crippen LogP contribution in [0.15, 0.2) is 12.3 Å². The maximum absolute atomic E-state index is 12.2. The van der Waals surface area contributed by atoms with Gasteiger partial charge >= 0.3 is 0 Å². The van der Waals surface area contributed by atoms with Crippen molar-refractivity contribution in [1.82, 2.24) is 15.2 Å². The predicted molar refractivity (Wildman–Crippen MR) is 62.4 cm³/mol. The second-order valence-corrected chi connectivity index (χ2v) is 5.06. The Morgan fingerprint density at radius 2 is 2.06 bits per heavy atom. The lowest BCUT2D eigenvalue weighted by atomic mass is 9.88. The van der Waals surface area contributed by atoms with E-state index in [1.807, 2.05) is 33.8 Å². The molecule has 2 rings (SSSR count). The molecule has 0 aliphatic rings. The molecule has 84 valence electrons. The van der Waals surface area contributed by atoms with Gasteiger partial charge in [-0.1, -0.05) is 20.8 Å². The Kier molecular flexibility index (Phi) is 2.30. The van der Waals surface area contributed by atoms with Gasteiger partial charge in [0.1, 0.15) is 5.69 Å². The zero-order valence-corrected chi connectivity index (χ0v) is 9.96. The Hall–Kier alpha value is -1.71. The van der Waals surface area contributed by atoms with Crippen molar-refractivity contribution in [3.63, 3.8) is 0 Å². The zero-order chi connectivity index (χ0) is 11.9. The molecule has 1 N–H and O–H groups in total. The van der Waals surface area contributed by atoms with Crippen LogP contribution in [-0.4, -0.2) is 21.0 Å². The lowest BCUT2D eigenvalue weighted by molar-refractivity contribution is 0.0854. The summed E-state index contributed by atoms with van der Waals surface area (Å²) in [6.45, 7) is 7.63. The summed E-state index contributed by atoms with van der Waals surface area (Å²) < 4.78 is 0. The van der Waals surface area contributed by atoms with E-state index in [2.05, 4.69) is 15.2 Å². The zero-order valence-electron chi connectivity index (χ0n) is 9.96. The normalized spacial score (nSPS) is 12.0. The lowest BCUT2D eigenvalue weighted by Crippen LogP contribution is -2.20. The maximum atomic E-state index is 12.2. The second kappa shape index (κ2) is 3.40. The molecule has 4 heteroatoms. The average Bonchev–Trinajstić information content (AvgIpc) is 2.57. The first-order valence-electron chi connectivity index (χ1n) is 5.25. The van der Waals surface area contributed by atoms with Gasteiger partial charge < -0.3 is 0 Å². The quantitative estimate of drug-likeness (QED) is 0.746. The van der Waals surface area contributed by atoms with Crippen molar-refractivity contribution in [3.05, 3.63) is 23.5 Å². The van der Waals surface area contributed by atoms with Crippen LogP contribution in [0, 0.1) is 12.3 Å². The molecule has 0 saturated heterocycles. The van der Waals surface area contributed by atoms with E-state index in [0.29, 0.717) is 11.3 Å². The summed E-state index contributed by atoms with van der Waals surface area (Å²) in [5.41, 5.74) is 1.76. The van der Waals surface area contributed by atoms with E-state index in [0.717, 1.165) is 10.9 Å². The smallest absolute Gasteiger partial charge is 0.186 e. The van der Waals surface area contributed by atoms with Crippen molar-refractivity contribution in [1.29, 1.82) is 0 Å². The van der Waals surface area contributed by atoms with E-state index >= 15 is 0 Å². The number of fused-ring (bicyclic) bond motifs is 1. The molecule has 0 amide bonds.